The summed E-state index contributed by atoms with van der Waals surface area (Å²) in [5.74, 6) is 0. The van der Waals surface area contributed by atoms with Gasteiger partial charge >= 0.3 is 0 Å². The molecule has 14 rings (SSSR count). The minimum absolute atomic E-state index is 0.190. The Morgan fingerprint density at radius 3 is 1.69 bits per heavy atom. The Kier molecular flexibility index (Phi) is 8.88. The van der Waals surface area contributed by atoms with Crippen LogP contribution in [0.15, 0.2) is 216 Å². The Bertz CT molecular complexity index is 4190. The van der Waals surface area contributed by atoms with Crippen molar-refractivity contribution in [3.63, 3.8) is 0 Å². The highest BCUT2D eigenvalue weighted by Crippen LogP contribution is 2.60. The van der Waals surface area contributed by atoms with E-state index in [1.165, 1.54) is 82.9 Å². The fourth-order valence-electron chi connectivity index (χ4n) is 13.0. The van der Waals surface area contributed by atoms with Gasteiger partial charge < -0.3 is 13.7 Å². The van der Waals surface area contributed by atoms with Gasteiger partial charge in [0.15, 0.2) is 0 Å². The van der Waals surface area contributed by atoms with Crippen molar-refractivity contribution >= 4 is 60.9 Å². The molecule has 2 aromatic heterocycles. The van der Waals surface area contributed by atoms with E-state index < -0.39 is 0 Å². The van der Waals surface area contributed by atoms with Gasteiger partial charge in [-0.1, -0.05) is 182 Å². The molecule has 0 amide bonds. The van der Waals surface area contributed by atoms with E-state index in [1.807, 2.05) is 12.2 Å². The Balaban J connectivity index is 0.961. The molecular formula is C69H53NO2. The van der Waals surface area contributed by atoms with E-state index in [0.717, 1.165) is 61.5 Å². The molecule has 2 heterocycles. The fraction of sp³-hybridized carbons (Fsp3) is 0.130. The van der Waals surface area contributed by atoms with Crippen LogP contribution in [0.25, 0.3) is 94.1 Å². The molecule has 3 nitrogen and oxygen atoms in total. The van der Waals surface area contributed by atoms with Gasteiger partial charge in [0.05, 0.1) is 5.70 Å². The van der Waals surface area contributed by atoms with E-state index in [-0.39, 0.29) is 16.2 Å². The van der Waals surface area contributed by atoms with Crippen LogP contribution in [0.1, 0.15) is 80.5 Å². The summed E-state index contributed by atoms with van der Waals surface area (Å²) in [6, 6.07) is 64.7. The molecule has 0 atom stereocenters. The Morgan fingerprint density at radius 1 is 0.431 bits per heavy atom. The van der Waals surface area contributed by atoms with Gasteiger partial charge in [-0.15, -0.1) is 0 Å². The van der Waals surface area contributed by atoms with Crippen LogP contribution in [0.4, 0.5) is 11.4 Å². The second kappa shape index (κ2) is 15.1. The van der Waals surface area contributed by atoms with Crippen LogP contribution in [-0.4, -0.2) is 0 Å². The average Bonchev–Trinajstić information content (AvgIpc) is 4.15. The first-order valence-electron chi connectivity index (χ1n) is 25.3. The summed E-state index contributed by atoms with van der Waals surface area (Å²) in [5, 5.41) is 4.71. The fourth-order valence-corrected chi connectivity index (χ4v) is 13.0. The van der Waals surface area contributed by atoms with Gasteiger partial charge in [-0.2, -0.15) is 0 Å². The zero-order chi connectivity index (χ0) is 48.8. The topological polar surface area (TPSA) is 29.5 Å². The molecule has 346 valence electrons. The highest BCUT2D eigenvalue weighted by atomic mass is 16.3. The van der Waals surface area contributed by atoms with Crippen LogP contribution in [0.3, 0.4) is 0 Å². The number of furan rings is 2. The van der Waals surface area contributed by atoms with Crippen LogP contribution >= 0.6 is 0 Å². The standard InChI is InChI=1S/C69H53NO2/c1-8-9-12-27-58(42-23-15-11-16-24-42)70(44-31-33-46-54(37-44)69(6,7)57-38-49(41-21-13-10-14-22-41)66-65(62(46)57)48-26-18-20-29-60(48)72-66)43-30-32-45-50-39-56-51(40-55(50)68(4,5)53(45)36-43)63-52(67(56,2)3)34-35-61-64(63)47-25-17-19-28-59(47)71-61/h8-40H,1H2,2-7H3/b12-9-,58-27+. The van der Waals surface area contributed by atoms with Crippen LogP contribution < -0.4 is 4.90 Å². The number of hydrogen-bond donors (Lipinski definition) is 0. The first kappa shape index (κ1) is 42.5. The van der Waals surface area contributed by atoms with E-state index >= 15 is 0 Å². The number of rotatable bonds is 7. The molecule has 3 aliphatic rings. The second-order valence-electron chi connectivity index (χ2n) is 21.6. The lowest BCUT2D eigenvalue weighted by atomic mass is 9.79. The Morgan fingerprint density at radius 2 is 0.972 bits per heavy atom. The first-order chi connectivity index (χ1) is 34.9. The molecule has 9 aromatic carbocycles. The molecule has 0 N–H and O–H groups in total. The van der Waals surface area contributed by atoms with Crippen LogP contribution in [0.5, 0.6) is 0 Å². The zero-order valence-corrected chi connectivity index (χ0v) is 41.5. The minimum Gasteiger partial charge on any atom is -0.456 e. The number of nitrogens with zero attached hydrogens (tertiary/aromatic N) is 1. The van der Waals surface area contributed by atoms with Crippen LogP contribution in [0, 0.1) is 0 Å². The van der Waals surface area contributed by atoms with E-state index in [9.17, 15) is 0 Å². The average molecular weight is 928 g/mol. The zero-order valence-electron chi connectivity index (χ0n) is 41.5. The van der Waals surface area contributed by atoms with Crippen LogP contribution in [-0.2, 0) is 16.2 Å². The normalized spacial score (nSPS) is 15.5. The third-order valence-corrected chi connectivity index (χ3v) is 16.6. The van der Waals surface area contributed by atoms with Crippen LogP contribution in [0.2, 0.25) is 0 Å². The summed E-state index contributed by atoms with van der Waals surface area (Å²) < 4.78 is 13.3. The van der Waals surface area contributed by atoms with Gasteiger partial charge in [0.1, 0.15) is 22.3 Å². The molecule has 72 heavy (non-hydrogen) atoms. The summed E-state index contributed by atoms with van der Waals surface area (Å²) in [5.41, 5.74) is 25.3. The third kappa shape index (κ3) is 5.79. The molecule has 0 saturated heterocycles. The van der Waals surface area contributed by atoms with Gasteiger partial charge in [-0.3, -0.25) is 0 Å². The number of fused-ring (bicyclic) bond motifs is 17. The molecule has 11 aromatic rings. The monoisotopic (exact) mass is 927 g/mol. The lowest BCUT2D eigenvalue weighted by Gasteiger charge is -2.31. The van der Waals surface area contributed by atoms with Crippen molar-refractivity contribution in [3.05, 3.63) is 246 Å². The molecule has 3 heteroatoms. The van der Waals surface area contributed by atoms with Gasteiger partial charge in [0, 0.05) is 54.7 Å². The number of anilines is 2. The summed E-state index contributed by atoms with van der Waals surface area (Å²) in [6.45, 7) is 18.4. The smallest absolute Gasteiger partial charge is 0.143 e. The maximum atomic E-state index is 6.81. The molecule has 0 bridgehead atoms. The molecular weight excluding hydrogens is 875 g/mol. The van der Waals surface area contributed by atoms with Crippen molar-refractivity contribution in [2.45, 2.75) is 57.8 Å². The maximum absolute atomic E-state index is 6.81. The SMILES string of the molecule is C=C/C=C\C=C(/c1ccccc1)N(c1ccc2c(c1)C(C)(C)c1cc3c(cc1-2)C(C)(C)c1ccc2oc4ccccc4c2c1-3)c1ccc2c(c1)C(C)(C)c1cc(-c3ccccc3)c3oc4ccccc4c3c1-2. The first-order valence-corrected chi connectivity index (χ1v) is 25.3. The van der Waals surface area contributed by atoms with Gasteiger partial charge in [0.25, 0.3) is 0 Å². The summed E-state index contributed by atoms with van der Waals surface area (Å²) >= 11 is 0. The van der Waals surface area contributed by atoms with Gasteiger partial charge in [-0.25, -0.2) is 0 Å². The molecule has 0 unspecified atom stereocenters. The number of benzene rings is 9. The number of para-hydroxylation sites is 2. The van der Waals surface area contributed by atoms with Crippen molar-refractivity contribution in [1.29, 1.82) is 0 Å². The summed E-state index contributed by atoms with van der Waals surface area (Å²) in [6.07, 6.45) is 8.19. The lowest BCUT2D eigenvalue weighted by molar-refractivity contribution is 0.651. The van der Waals surface area contributed by atoms with E-state index in [2.05, 4.69) is 241 Å². The largest absolute Gasteiger partial charge is 0.456 e. The highest BCUT2D eigenvalue weighted by molar-refractivity contribution is 6.19. The van der Waals surface area contributed by atoms with E-state index in [1.54, 1.807) is 0 Å². The van der Waals surface area contributed by atoms with Crippen molar-refractivity contribution < 1.29 is 8.83 Å². The summed E-state index contributed by atoms with van der Waals surface area (Å²) in [4.78, 5) is 2.47. The Hall–Kier alpha value is -8.40. The Labute approximate surface area is 420 Å². The summed E-state index contributed by atoms with van der Waals surface area (Å²) in [7, 11) is 0. The molecule has 0 fully saturated rings. The van der Waals surface area contributed by atoms with Gasteiger partial charge in [-0.05, 0) is 145 Å². The van der Waals surface area contributed by atoms with Crippen molar-refractivity contribution in [2.24, 2.45) is 0 Å². The van der Waals surface area contributed by atoms with E-state index in [0.29, 0.717) is 0 Å². The molecule has 0 aliphatic heterocycles. The molecule has 0 spiro atoms. The van der Waals surface area contributed by atoms with Crippen molar-refractivity contribution in [3.8, 4) is 44.5 Å². The van der Waals surface area contributed by atoms with Gasteiger partial charge in [0.2, 0.25) is 0 Å². The highest BCUT2D eigenvalue weighted by Gasteiger charge is 2.44. The maximum Gasteiger partial charge on any atom is 0.143 e. The number of hydrogen-bond acceptors (Lipinski definition) is 3. The minimum atomic E-state index is -0.329. The third-order valence-electron chi connectivity index (χ3n) is 16.6. The predicted molar refractivity (Wildman–Crippen MR) is 301 cm³/mol. The quantitative estimate of drug-likeness (QED) is 0.149. The van der Waals surface area contributed by atoms with E-state index in [4.69, 9.17) is 8.83 Å². The molecule has 3 aliphatic carbocycles. The van der Waals surface area contributed by atoms with Crippen molar-refractivity contribution in [1.82, 2.24) is 0 Å². The predicted octanol–water partition coefficient (Wildman–Crippen LogP) is 19.0. The number of allylic oxidation sites excluding steroid dienone is 4. The second-order valence-corrected chi connectivity index (χ2v) is 21.6. The van der Waals surface area contributed by atoms with Crippen molar-refractivity contribution in [2.75, 3.05) is 4.90 Å². The molecule has 0 saturated carbocycles. The molecule has 0 radical (unpaired) electrons. The lowest BCUT2D eigenvalue weighted by Crippen LogP contribution is -2.20.